The number of anilines is 1. The van der Waals surface area contributed by atoms with Gasteiger partial charge in [-0.3, -0.25) is 9.69 Å². The quantitative estimate of drug-likeness (QED) is 0.466. The third kappa shape index (κ3) is 3.86. The first-order valence-electron chi connectivity index (χ1n) is 7.31. The van der Waals surface area contributed by atoms with Crippen LogP contribution in [0.5, 0.6) is 0 Å². The van der Waals surface area contributed by atoms with E-state index < -0.39 is 0 Å². The first-order chi connectivity index (χ1) is 11.5. The highest BCUT2D eigenvalue weighted by Gasteiger charge is 2.33. The van der Waals surface area contributed by atoms with Crippen molar-refractivity contribution in [2.45, 2.75) is 6.92 Å². The number of rotatable bonds is 3. The molecule has 0 radical (unpaired) electrons. The molecule has 0 saturated carbocycles. The van der Waals surface area contributed by atoms with Crippen LogP contribution in [0.25, 0.3) is 6.08 Å². The zero-order chi connectivity index (χ0) is 17.1. The van der Waals surface area contributed by atoms with Crippen LogP contribution in [0.15, 0.2) is 75.6 Å². The maximum absolute atomic E-state index is 12.7. The van der Waals surface area contributed by atoms with Crippen LogP contribution in [0, 0.1) is 0 Å². The van der Waals surface area contributed by atoms with E-state index in [-0.39, 0.29) is 5.91 Å². The van der Waals surface area contributed by atoms with Crippen LogP contribution in [-0.4, -0.2) is 10.2 Å². The van der Waals surface area contributed by atoms with E-state index in [1.807, 2.05) is 73.7 Å². The lowest BCUT2D eigenvalue weighted by atomic mass is 10.1. The Morgan fingerprint density at radius 2 is 1.79 bits per heavy atom. The average Bonchev–Trinajstić information content (AvgIpc) is 2.83. The maximum Gasteiger partial charge on any atom is 0.270 e. The molecule has 1 heterocycles. The number of benzene rings is 2. The van der Waals surface area contributed by atoms with Crippen molar-refractivity contribution >= 4 is 61.9 Å². The van der Waals surface area contributed by atoms with Gasteiger partial charge in [-0.1, -0.05) is 76.3 Å². The van der Waals surface area contributed by atoms with E-state index in [1.165, 1.54) is 11.8 Å². The fourth-order valence-corrected chi connectivity index (χ4v) is 3.95. The summed E-state index contributed by atoms with van der Waals surface area (Å²) in [6, 6.07) is 17.6. The Balaban J connectivity index is 1.85. The summed E-state index contributed by atoms with van der Waals surface area (Å²) in [7, 11) is 0. The monoisotopic (exact) mass is 415 g/mol. The molecule has 0 N–H and O–H groups in total. The van der Waals surface area contributed by atoms with Gasteiger partial charge in [0.25, 0.3) is 5.91 Å². The smallest absolute Gasteiger partial charge is 0.268 e. The van der Waals surface area contributed by atoms with Gasteiger partial charge in [0.05, 0.1) is 10.6 Å². The molecule has 2 aromatic rings. The Morgan fingerprint density at radius 3 is 2.46 bits per heavy atom. The highest BCUT2D eigenvalue weighted by molar-refractivity contribution is 9.10. The highest BCUT2D eigenvalue weighted by atomic mass is 79.9. The summed E-state index contributed by atoms with van der Waals surface area (Å²) in [6.07, 6.45) is 3.94. The van der Waals surface area contributed by atoms with Crippen molar-refractivity contribution in [3.8, 4) is 0 Å². The lowest BCUT2D eigenvalue weighted by Crippen LogP contribution is -2.27. The Hall–Kier alpha value is -1.69. The summed E-state index contributed by atoms with van der Waals surface area (Å²) >= 11 is 10.1. The van der Waals surface area contributed by atoms with Crippen LogP contribution < -0.4 is 4.90 Å². The number of carbonyl (C=O) groups is 1. The van der Waals surface area contributed by atoms with Gasteiger partial charge in [0.1, 0.15) is 0 Å². The molecule has 5 heteroatoms. The molecule has 1 aliphatic heterocycles. The topological polar surface area (TPSA) is 20.3 Å². The molecule has 0 unspecified atom stereocenters. The molecule has 2 nitrogen and oxygen atoms in total. The Labute approximate surface area is 159 Å². The van der Waals surface area contributed by atoms with E-state index in [4.69, 9.17) is 12.2 Å². The molecule has 0 atom stereocenters. The number of hydrogen-bond acceptors (Lipinski definition) is 3. The first kappa shape index (κ1) is 17.1. The fraction of sp³-hybridized carbons (Fsp3) is 0.0526. The van der Waals surface area contributed by atoms with Crippen molar-refractivity contribution in [1.29, 1.82) is 0 Å². The van der Waals surface area contributed by atoms with E-state index in [1.54, 1.807) is 4.90 Å². The molecule has 0 aromatic heterocycles. The van der Waals surface area contributed by atoms with Crippen molar-refractivity contribution < 1.29 is 4.79 Å². The number of amides is 1. The number of thiocarbonyl (C=S) groups is 1. The highest BCUT2D eigenvalue weighted by Crippen LogP contribution is 2.36. The van der Waals surface area contributed by atoms with Crippen LogP contribution in [0.2, 0.25) is 0 Å². The van der Waals surface area contributed by atoms with Gasteiger partial charge in [-0.05, 0) is 48.4 Å². The molecule has 1 fully saturated rings. The zero-order valence-electron chi connectivity index (χ0n) is 12.9. The van der Waals surface area contributed by atoms with Crippen molar-refractivity contribution in [2.24, 2.45) is 0 Å². The predicted octanol–water partition coefficient (Wildman–Crippen LogP) is 5.80. The van der Waals surface area contributed by atoms with Crippen LogP contribution in [-0.2, 0) is 4.79 Å². The molecule has 0 spiro atoms. The summed E-state index contributed by atoms with van der Waals surface area (Å²) in [6.45, 7) is 1.99. The molecule has 0 aliphatic carbocycles. The summed E-state index contributed by atoms with van der Waals surface area (Å²) in [4.78, 5) is 14.9. The third-order valence-corrected chi connectivity index (χ3v) is 5.26. The first-order valence-corrected chi connectivity index (χ1v) is 9.33. The molecule has 0 bridgehead atoms. The van der Waals surface area contributed by atoms with Crippen LogP contribution in [0.4, 0.5) is 5.69 Å². The number of halogens is 1. The van der Waals surface area contributed by atoms with Crippen molar-refractivity contribution in [3.05, 3.63) is 81.2 Å². The fourth-order valence-electron chi connectivity index (χ4n) is 2.34. The molecular formula is C19H14BrNOS2. The van der Waals surface area contributed by atoms with Crippen LogP contribution in [0.3, 0.4) is 0 Å². The van der Waals surface area contributed by atoms with Gasteiger partial charge in [0.15, 0.2) is 4.32 Å². The van der Waals surface area contributed by atoms with Crippen LogP contribution in [0.1, 0.15) is 12.5 Å². The average molecular weight is 416 g/mol. The van der Waals surface area contributed by atoms with Gasteiger partial charge in [0.2, 0.25) is 0 Å². The standard InChI is InChI=1S/C19H14BrNOS2/c1-13(11-14-5-3-2-4-6-14)12-17-18(22)21(19(23)24-17)16-9-7-15(20)8-10-16/h2-12H,1H3/b13-11+,17-12+. The van der Waals surface area contributed by atoms with Gasteiger partial charge in [-0.25, -0.2) is 0 Å². The second-order valence-electron chi connectivity index (χ2n) is 5.29. The second-order valence-corrected chi connectivity index (χ2v) is 7.88. The second kappa shape index (κ2) is 7.47. The van der Waals surface area contributed by atoms with Gasteiger partial charge in [-0.15, -0.1) is 0 Å². The lowest BCUT2D eigenvalue weighted by molar-refractivity contribution is -0.113. The van der Waals surface area contributed by atoms with E-state index in [0.717, 1.165) is 21.3 Å². The molecular weight excluding hydrogens is 402 g/mol. The molecule has 1 amide bonds. The van der Waals surface area contributed by atoms with Crippen LogP contribution >= 0.6 is 39.9 Å². The summed E-state index contributed by atoms with van der Waals surface area (Å²) in [5, 5.41) is 0. The van der Waals surface area contributed by atoms with Crippen molar-refractivity contribution in [1.82, 2.24) is 0 Å². The molecule has 24 heavy (non-hydrogen) atoms. The minimum absolute atomic E-state index is 0.0758. The zero-order valence-corrected chi connectivity index (χ0v) is 16.1. The Kier molecular flexibility index (Phi) is 5.33. The number of hydrogen-bond donors (Lipinski definition) is 0. The van der Waals surface area contributed by atoms with Crippen molar-refractivity contribution in [3.63, 3.8) is 0 Å². The van der Waals surface area contributed by atoms with Gasteiger partial charge >= 0.3 is 0 Å². The normalized spacial score (nSPS) is 17.0. The number of carbonyl (C=O) groups excluding carboxylic acids is 1. The lowest BCUT2D eigenvalue weighted by Gasteiger charge is -2.14. The Morgan fingerprint density at radius 1 is 1.12 bits per heavy atom. The molecule has 1 aliphatic rings. The molecule has 120 valence electrons. The minimum atomic E-state index is -0.0758. The predicted molar refractivity (Wildman–Crippen MR) is 110 cm³/mol. The summed E-state index contributed by atoms with van der Waals surface area (Å²) in [5.41, 5.74) is 2.90. The molecule has 3 rings (SSSR count). The number of thioether (sulfide) groups is 1. The third-order valence-electron chi connectivity index (χ3n) is 3.43. The maximum atomic E-state index is 12.7. The minimum Gasteiger partial charge on any atom is -0.268 e. The van der Waals surface area contributed by atoms with Gasteiger partial charge in [0, 0.05) is 4.47 Å². The van der Waals surface area contributed by atoms with E-state index in [0.29, 0.717) is 9.23 Å². The summed E-state index contributed by atoms with van der Waals surface area (Å²) in [5.74, 6) is -0.0758. The number of allylic oxidation sites excluding steroid dienone is 2. The SMILES string of the molecule is CC(=C\c1ccccc1)/C=C1/SC(=S)N(c2ccc(Br)cc2)C1=O. The summed E-state index contributed by atoms with van der Waals surface area (Å²) < 4.78 is 1.52. The van der Waals surface area contributed by atoms with Gasteiger partial charge in [-0.2, -0.15) is 0 Å². The molecule has 1 saturated heterocycles. The Bertz CT molecular complexity index is 841. The van der Waals surface area contributed by atoms with Gasteiger partial charge < -0.3 is 0 Å². The van der Waals surface area contributed by atoms with Crippen molar-refractivity contribution in [2.75, 3.05) is 4.90 Å². The van der Waals surface area contributed by atoms with E-state index >= 15 is 0 Å². The van der Waals surface area contributed by atoms with E-state index in [9.17, 15) is 4.79 Å². The van der Waals surface area contributed by atoms with E-state index in [2.05, 4.69) is 15.9 Å². The molecule has 2 aromatic carbocycles. The number of nitrogens with zero attached hydrogens (tertiary/aromatic N) is 1. The largest absolute Gasteiger partial charge is 0.270 e.